The fourth-order valence-electron chi connectivity index (χ4n) is 1.58. The van der Waals surface area contributed by atoms with Gasteiger partial charge >= 0.3 is 0 Å². The lowest BCUT2D eigenvalue weighted by Crippen LogP contribution is -2.00. The Labute approximate surface area is 129 Å². The van der Waals surface area contributed by atoms with Gasteiger partial charge in [0.25, 0.3) is 0 Å². The highest BCUT2D eigenvalue weighted by molar-refractivity contribution is 9.11. The van der Waals surface area contributed by atoms with E-state index in [1.165, 1.54) is 5.56 Å². The maximum Gasteiger partial charge on any atom is 0.0488 e. The van der Waals surface area contributed by atoms with E-state index in [9.17, 15) is 0 Å². The van der Waals surface area contributed by atoms with E-state index < -0.39 is 0 Å². The number of anilines is 1. The normalized spacial score (nSPS) is 10.4. The summed E-state index contributed by atoms with van der Waals surface area (Å²) < 4.78 is 2.09. The molecule has 0 unspecified atom stereocenters. The standard InChI is InChI=1S/C14H12Br2ClN/c1-9-2-3-10(6-13(9)17)8-18-14-5-4-11(15)7-12(14)16/h2-7,18H,8H2,1H3. The molecule has 94 valence electrons. The number of hydrogen-bond acceptors (Lipinski definition) is 1. The van der Waals surface area contributed by atoms with Crippen LogP contribution < -0.4 is 5.32 Å². The van der Waals surface area contributed by atoms with Crippen LogP contribution in [-0.4, -0.2) is 0 Å². The molecule has 0 radical (unpaired) electrons. The summed E-state index contributed by atoms with van der Waals surface area (Å²) in [5.41, 5.74) is 3.33. The maximum atomic E-state index is 6.10. The summed E-state index contributed by atoms with van der Waals surface area (Å²) in [5.74, 6) is 0. The second-order valence-electron chi connectivity index (χ2n) is 4.06. The molecule has 0 saturated carbocycles. The highest BCUT2D eigenvalue weighted by Crippen LogP contribution is 2.27. The molecule has 4 heteroatoms. The first-order valence-electron chi connectivity index (χ1n) is 5.50. The maximum absolute atomic E-state index is 6.10. The van der Waals surface area contributed by atoms with Crippen molar-refractivity contribution < 1.29 is 0 Å². The second kappa shape index (κ2) is 6.09. The fourth-order valence-corrected chi connectivity index (χ4v) is 2.97. The third-order valence-corrected chi connectivity index (χ3v) is 4.21. The Morgan fingerprint density at radius 2 is 1.89 bits per heavy atom. The van der Waals surface area contributed by atoms with E-state index in [2.05, 4.69) is 43.2 Å². The molecular weight excluding hydrogens is 377 g/mol. The van der Waals surface area contributed by atoms with Crippen LogP contribution in [0.15, 0.2) is 45.3 Å². The van der Waals surface area contributed by atoms with E-state index in [-0.39, 0.29) is 0 Å². The molecule has 0 saturated heterocycles. The predicted octanol–water partition coefficient (Wildman–Crippen LogP) is 5.79. The summed E-state index contributed by atoms with van der Waals surface area (Å²) in [5, 5.41) is 4.19. The van der Waals surface area contributed by atoms with E-state index in [4.69, 9.17) is 11.6 Å². The largest absolute Gasteiger partial charge is 0.380 e. The van der Waals surface area contributed by atoms with Gasteiger partial charge in [0.1, 0.15) is 0 Å². The lowest BCUT2D eigenvalue weighted by Gasteiger charge is -2.10. The molecule has 2 rings (SSSR count). The Kier molecular flexibility index (Phi) is 4.71. The molecule has 0 aliphatic carbocycles. The predicted molar refractivity (Wildman–Crippen MR) is 85.4 cm³/mol. The Bertz CT molecular complexity index is 570. The fraction of sp³-hybridized carbons (Fsp3) is 0.143. The first-order chi connectivity index (χ1) is 8.56. The average Bonchev–Trinajstić information content (AvgIpc) is 2.32. The van der Waals surface area contributed by atoms with E-state index in [0.717, 1.165) is 31.8 Å². The number of rotatable bonds is 3. The van der Waals surface area contributed by atoms with E-state index in [1.54, 1.807) is 0 Å². The van der Waals surface area contributed by atoms with E-state index >= 15 is 0 Å². The molecule has 0 heterocycles. The summed E-state index contributed by atoms with van der Waals surface area (Å²) in [6, 6.07) is 12.2. The lowest BCUT2D eigenvalue weighted by molar-refractivity contribution is 1.14. The number of nitrogens with one attached hydrogen (secondary N) is 1. The van der Waals surface area contributed by atoms with Gasteiger partial charge in [0.2, 0.25) is 0 Å². The van der Waals surface area contributed by atoms with Crippen LogP contribution in [0.25, 0.3) is 0 Å². The molecule has 0 fully saturated rings. The van der Waals surface area contributed by atoms with Gasteiger partial charge in [-0.2, -0.15) is 0 Å². The molecule has 0 aliphatic heterocycles. The van der Waals surface area contributed by atoms with Gasteiger partial charge in [0, 0.05) is 26.2 Å². The highest BCUT2D eigenvalue weighted by Gasteiger charge is 2.01. The van der Waals surface area contributed by atoms with Crippen LogP contribution in [0.1, 0.15) is 11.1 Å². The molecule has 2 aromatic rings. The quantitative estimate of drug-likeness (QED) is 0.701. The Hall–Kier alpha value is -0.510. The number of halogens is 3. The van der Waals surface area contributed by atoms with Crippen molar-refractivity contribution in [3.8, 4) is 0 Å². The first-order valence-corrected chi connectivity index (χ1v) is 7.46. The topological polar surface area (TPSA) is 12.0 Å². The molecular formula is C14H12Br2ClN. The van der Waals surface area contributed by atoms with Crippen molar-refractivity contribution in [2.45, 2.75) is 13.5 Å². The van der Waals surface area contributed by atoms with Crippen LogP contribution in [0.5, 0.6) is 0 Å². The monoisotopic (exact) mass is 387 g/mol. The van der Waals surface area contributed by atoms with Crippen molar-refractivity contribution in [3.63, 3.8) is 0 Å². The van der Waals surface area contributed by atoms with Crippen molar-refractivity contribution in [3.05, 3.63) is 61.5 Å². The van der Waals surface area contributed by atoms with Crippen LogP contribution in [0, 0.1) is 6.92 Å². The van der Waals surface area contributed by atoms with Crippen LogP contribution in [0.2, 0.25) is 5.02 Å². The van der Waals surface area contributed by atoms with Crippen LogP contribution in [0.3, 0.4) is 0 Å². The van der Waals surface area contributed by atoms with Crippen molar-refractivity contribution >= 4 is 49.1 Å². The molecule has 0 aromatic heterocycles. The first kappa shape index (κ1) is 13.9. The molecule has 1 nitrogen and oxygen atoms in total. The Morgan fingerprint density at radius 3 is 2.56 bits per heavy atom. The Morgan fingerprint density at radius 1 is 1.11 bits per heavy atom. The summed E-state index contributed by atoms with van der Waals surface area (Å²) in [6.07, 6.45) is 0. The van der Waals surface area contributed by atoms with Gasteiger partial charge in [0.15, 0.2) is 0 Å². The van der Waals surface area contributed by atoms with Gasteiger partial charge < -0.3 is 5.32 Å². The van der Waals surface area contributed by atoms with Gasteiger partial charge in [-0.25, -0.2) is 0 Å². The second-order valence-corrected chi connectivity index (χ2v) is 6.24. The third kappa shape index (κ3) is 3.50. The number of hydrogen-bond donors (Lipinski definition) is 1. The zero-order valence-corrected chi connectivity index (χ0v) is 13.7. The average molecular weight is 390 g/mol. The summed E-state index contributed by atoms with van der Waals surface area (Å²) in [7, 11) is 0. The van der Waals surface area contributed by atoms with E-state index in [1.807, 2.05) is 37.3 Å². The van der Waals surface area contributed by atoms with Crippen LogP contribution in [-0.2, 0) is 6.54 Å². The Balaban J connectivity index is 2.09. The summed E-state index contributed by atoms with van der Waals surface area (Å²) in [6.45, 7) is 2.76. The number of aryl methyl sites for hydroxylation is 1. The van der Waals surface area contributed by atoms with Gasteiger partial charge in [-0.15, -0.1) is 0 Å². The van der Waals surface area contributed by atoms with E-state index in [0.29, 0.717) is 0 Å². The van der Waals surface area contributed by atoms with Crippen molar-refractivity contribution in [1.29, 1.82) is 0 Å². The van der Waals surface area contributed by atoms with Crippen LogP contribution in [0.4, 0.5) is 5.69 Å². The molecule has 0 spiro atoms. The van der Waals surface area contributed by atoms with Gasteiger partial charge in [-0.1, -0.05) is 39.7 Å². The molecule has 0 aliphatic rings. The molecule has 2 aromatic carbocycles. The van der Waals surface area contributed by atoms with Crippen LogP contribution >= 0.6 is 43.5 Å². The van der Waals surface area contributed by atoms with Gasteiger partial charge in [-0.3, -0.25) is 0 Å². The van der Waals surface area contributed by atoms with Crippen molar-refractivity contribution in [2.75, 3.05) is 5.32 Å². The summed E-state index contributed by atoms with van der Waals surface area (Å²) in [4.78, 5) is 0. The SMILES string of the molecule is Cc1ccc(CNc2ccc(Br)cc2Br)cc1Cl. The van der Waals surface area contributed by atoms with Gasteiger partial charge in [-0.05, 0) is 58.2 Å². The third-order valence-electron chi connectivity index (χ3n) is 2.65. The minimum atomic E-state index is 0.750. The van der Waals surface area contributed by atoms with Crippen molar-refractivity contribution in [1.82, 2.24) is 0 Å². The smallest absolute Gasteiger partial charge is 0.0488 e. The van der Waals surface area contributed by atoms with Gasteiger partial charge in [0.05, 0.1) is 0 Å². The highest BCUT2D eigenvalue weighted by atomic mass is 79.9. The lowest BCUT2D eigenvalue weighted by atomic mass is 10.1. The molecule has 0 amide bonds. The zero-order chi connectivity index (χ0) is 13.1. The molecule has 1 N–H and O–H groups in total. The molecule has 0 atom stereocenters. The minimum Gasteiger partial charge on any atom is -0.380 e. The molecule has 0 bridgehead atoms. The van der Waals surface area contributed by atoms with Crippen molar-refractivity contribution in [2.24, 2.45) is 0 Å². The number of benzene rings is 2. The zero-order valence-electron chi connectivity index (χ0n) is 9.81. The molecule has 18 heavy (non-hydrogen) atoms. The minimum absolute atomic E-state index is 0.750. The summed E-state index contributed by atoms with van der Waals surface area (Å²) >= 11 is 13.1.